The molecule has 132 valence electrons. The molecule has 0 fully saturated rings. The summed E-state index contributed by atoms with van der Waals surface area (Å²) in [5.74, 6) is 0.00712. The molecular weight excluding hydrogens is 324 g/mol. The van der Waals surface area contributed by atoms with Crippen LogP contribution in [0.4, 0.5) is 0 Å². The molecule has 1 N–H and O–H groups in total. The van der Waals surface area contributed by atoms with Crippen molar-refractivity contribution in [1.29, 1.82) is 0 Å². The van der Waals surface area contributed by atoms with Crippen LogP contribution < -0.4 is 4.74 Å². The molecule has 3 heteroatoms. The second-order valence-corrected chi connectivity index (χ2v) is 6.28. The zero-order chi connectivity index (χ0) is 18.4. The summed E-state index contributed by atoms with van der Waals surface area (Å²) < 4.78 is 5.93. The summed E-state index contributed by atoms with van der Waals surface area (Å²) in [4.78, 5) is 10.6. The predicted molar refractivity (Wildman–Crippen MR) is 103 cm³/mol. The maximum Gasteiger partial charge on any atom is 0.303 e. The normalized spacial score (nSPS) is 10.5. The average molecular weight is 346 g/mol. The fraction of sp³-hybridized carbons (Fsp3) is 0.174. The van der Waals surface area contributed by atoms with E-state index in [0.717, 1.165) is 16.9 Å². The van der Waals surface area contributed by atoms with E-state index in [1.54, 1.807) is 0 Å². The minimum Gasteiger partial charge on any atom is -0.489 e. The molecule has 0 aliphatic rings. The van der Waals surface area contributed by atoms with Crippen molar-refractivity contribution in [2.75, 3.05) is 0 Å². The Morgan fingerprint density at radius 2 is 1.65 bits per heavy atom. The number of carboxylic acids is 1. The molecule has 0 heterocycles. The molecule has 0 saturated carbocycles. The van der Waals surface area contributed by atoms with E-state index in [1.165, 1.54) is 16.7 Å². The van der Waals surface area contributed by atoms with Gasteiger partial charge in [0.25, 0.3) is 0 Å². The lowest BCUT2D eigenvalue weighted by Gasteiger charge is -2.13. The van der Waals surface area contributed by atoms with Gasteiger partial charge in [0.2, 0.25) is 0 Å². The Kier molecular flexibility index (Phi) is 5.69. The molecule has 26 heavy (non-hydrogen) atoms. The minimum atomic E-state index is -0.779. The maximum atomic E-state index is 10.6. The summed E-state index contributed by atoms with van der Waals surface area (Å²) in [6.45, 7) is 2.62. The average Bonchev–Trinajstić information content (AvgIpc) is 2.67. The van der Waals surface area contributed by atoms with Gasteiger partial charge in [0, 0.05) is 6.42 Å². The van der Waals surface area contributed by atoms with Gasteiger partial charge < -0.3 is 9.84 Å². The molecule has 0 amide bonds. The third-order valence-corrected chi connectivity index (χ3v) is 4.48. The highest BCUT2D eigenvalue weighted by Gasteiger charge is 2.07. The van der Waals surface area contributed by atoms with Crippen molar-refractivity contribution in [3.05, 3.63) is 89.5 Å². The van der Waals surface area contributed by atoms with E-state index < -0.39 is 5.97 Å². The van der Waals surface area contributed by atoms with Crippen molar-refractivity contribution in [2.24, 2.45) is 0 Å². The van der Waals surface area contributed by atoms with Gasteiger partial charge >= 0.3 is 5.97 Å². The number of ether oxygens (including phenoxy) is 1. The summed E-state index contributed by atoms with van der Waals surface area (Å²) in [5.41, 5.74) is 5.80. The molecule has 0 bridgehead atoms. The topological polar surface area (TPSA) is 46.5 Å². The molecule has 3 nitrogen and oxygen atoms in total. The van der Waals surface area contributed by atoms with Gasteiger partial charge in [-0.2, -0.15) is 0 Å². The first-order valence-corrected chi connectivity index (χ1v) is 8.71. The highest BCUT2D eigenvalue weighted by atomic mass is 16.5. The number of carboxylic acid groups (broad SMARTS) is 1. The smallest absolute Gasteiger partial charge is 0.303 e. The molecular formula is C23H22O3. The predicted octanol–water partition coefficient (Wildman–Crippen LogP) is 5.26. The molecule has 0 aliphatic carbocycles. The molecule has 0 radical (unpaired) electrons. The Bertz CT molecular complexity index is 868. The lowest BCUT2D eigenvalue weighted by molar-refractivity contribution is -0.136. The lowest BCUT2D eigenvalue weighted by atomic mass is 9.97. The number of benzene rings is 3. The van der Waals surface area contributed by atoms with Crippen LogP contribution in [0.15, 0.2) is 72.8 Å². The zero-order valence-electron chi connectivity index (χ0n) is 14.8. The summed E-state index contributed by atoms with van der Waals surface area (Å²) >= 11 is 0. The Hall–Kier alpha value is -3.07. The number of aryl methyl sites for hydroxylation is 1. The molecule has 0 spiro atoms. The van der Waals surface area contributed by atoms with E-state index >= 15 is 0 Å². The molecule has 3 aromatic carbocycles. The Morgan fingerprint density at radius 3 is 2.35 bits per heavy atom. The molecule has 0 aliphatic heterocycles. The molecule has 3 aromatic rings. The SMILES string of the molecule is Cc1c(COc2ccc(CCC(=O)O)cc2)cccc1-c1ccccc1. The minimum absolute atomic E-state index is 0.145. The van der Waals surface area contributed by atoms with Crippen molar-refractivity contribution in [2.45, 2.75) is 26.4 Å². The molecule has 0 aromatic heterocycles. The summed E-state index contributed by atoms with van der Waals surface area (Å²) in [5, 5.41) is 8.75. The first-order valence-electron chi connectivity index (χ1n) is 8.71. The lowest BCUT2D eigenvalue weighted by Crippen LogP contribution is -2.00. The highest BCUT2D eigenvalue weighted by molar-refractivity contribution is 5.68. The molecule has 0 atom stereocenters. The van der Waals surface area contributed by atoms with E-state index in [-0.39, 0.29) is 6.42 Å². The van der Waals surface area contributed by atoms with Gasteiger partial charge in [-0.15, -0.1) is 0 Å². The van der Waals surface area contributed by atoms with Crippen molar-refractivity contribution in [3.63, 3.8) is 0 Å². The van der Waals surface area contributed by atoms with E-state index in [2.05, 4.69) is 37.3 Å². The van der Waals surface area contributed by atoms with Crippen LogP contribution in [-0.4, -0.2) is 11.1 Å². The summed E-state index contributed by atoms with van der Waals surface area (Å²) in [6.07, 6.45) is 0.680. The van der Waals surface area contributed by atoms with Crippen molar-refractivity contribution >= 4 is 5.97 Å². The van der Waals surface area contributed by atoms with E-state index in [1.807, 2.05) is 42.5 Å². The number of hydrogen-bond acceptors (Lipinski definition) is 2. The van der Waals surface area contributed by atoms with E-state index in [0.29, 0.717) is 13.0 Å². The van der Waals surface area contributed by atoms with E-state index in [4.69, 9.17) is 9.84 Å². The quantitative estimate of drug-likeness (QED) is 0.635. The Labute approximate surface area is 153 Å². The zero-order valence-corrected chi connectivity index (χ0v) is 14.8. The van der Waals surface area contributed by atoms with Crippen LogP contribution in [-0.2, 0) is 17.8 Å². The number of rotatable bonds is 7. The van der Waals surface area contributed by atoms with Crippen LogP contribution in [0.3, 0.4) is 0 Å². The first-order chi connectivity index (χ1) is 12.6. The second kappa shape index (κ2) is 8.34. The van der Waals surface area contributed by atoms with Crippen LogP contribution in [0, 0.1) is 6.92 Å². The summed E-state index contributed by atoms with van der Waals surface area (Å²) in [7, 11) is 0. The van der Waals surface area contributed by atoms with Crippen molar-refractivity contribution < 1.29 is 14.6 Å². The first kappa shape index (κ1) is 17.7. The Balaban J connectivity index is 1.67. The van der Waals surface area contributed by atoms with Crippen molar-refractivity contribution in [3.8, 4) is 16.9 Å². The van der Waals surface area contributed by atoms with Gasteiger partial charge in [0.15, 0.2) is 0 Å². The van der Waals surface area contributed by atoms with Crippen LogP contribution in [0.1, 0.15) is 23.1 Å². The van der Waals surface area contributed by atoms with Crippen molar-refractivity contribution in [1.82, 2.24) is 0 Å². The highest BCUT2D eigenvalue weighted by Crippen LogP contribution is 2.26. The van der Waals surface area contributed by atoms with Crippen LogP contribution in [0.2, 0.25) is 0 Å². The van der Waals surface area contributed by atoms with Gasteiger partial charge in [-0.3, -0.25) is 4.79 Å². The van der Waals surface area contributed by atoms with Crippen LogP contribution >= 0.6 is 0 Å². The van der Waals surface area contributed by atoms with Gasteiger partial charge in [-0.25, -0.2) is 0 Å². The largest absolute Gasteiger partial charge is 0.489 e. The molecule has 3 rings (SSSR count). The molecule has 0 saturated heterocycles. The van der Waals surface area contributed by atoms with Gasteiger partial charge in [-0.05, 0) is 53.3 Å². The van der Waals surface area contributed by atoms with Crippen LogP contribution in [0.25, 0.3) is 11.1 Å². The van der Waals surface area contributed by atoms with Gasteiger partial charge in [-0.1, -0.05) is 60.7 Å². The number of aliphatic carboxylic acids is 1. The Morgan fingerprint density at radius 1 is 0.923 bits per heavy atom. The van der Waals surface area contributed by atoms with E-state index in [9.17, 15) is 4.79 Å². The molecule has 0 unspecified atom stereocenters. The maximum absolute atomic E-state index is 10.6. The third kappa shape index (κ3) is 4.51. The van der Waals surface area contributed by atoms with Gasteiger partial charge in [0.1, 0.15) is 12.4 Å². The standard InChI is InChI=1S/C23H22O3/c1-17-20(8-5-9-22(17)19-6-3-2-4-7-19)16-26-21-13-10-18(11-14-21)12-15-23(24)25/h2-11,13-14H,12,15-16H2,1H3,(H,24,25). The summed E-state index contributed by atoms with van der Waals surface area (Å²) in [6, 6.07) is 24.3. The third-order valence-electron chi connectivity index (χ3n) is 4.48. The van der Waals surface area contributed by atoms with Crippen LogP contribution in [0.5, 0.6) is 5.75 Å². The second-order valence-electron chi connectivity index (χ2n) is 6.28. The van der Waals surface area contributed by atoms with Gasteiger partial charge in [0.05, 0.1) is 0 Å². The fourth-order valence-electron chi connectivity index (χ4n) is 2.93. The fourth-order valence-corrected chi connectivity index (χ4v) is 2.93. The monoisotopic (exact) mass is 346 g/mol. The number of carbonyl (C=O) groups is 1. The number of hydrogen-bond donors (Lipinski definition) is 1.